The first-order valence-corrected chi connectivity index (χ1v) is 13.2. The highest BCUT2D eigenvalue weighted by atomic mass is 16.5. The lowest BCUT2D eigenvalue weighted by molar-refractivity contribution is -0.172. The molecule has 2 aromatic rings. The molecule has 1 saturated heterocycles. The Morgan fingerprint density at radius 1 is 1.08 bits per heavy atom. The number of nitrogens with one attached hydrogen (secondary N) is 1. The van der Waals surface area contributed by atoms with Crippen LogP contribution in [0.2, 0.25) is 0 Å². The van der Waals surface area contributed by atoms with Crippen molar-refractivity contribution in [2.24, 2.45) is 5.73 Å². The molecule has 0 saturated carbocycles. The van der Waals surface area contributed by atoms with Gasteiger partial charge in [0.25, 0.3) is 0 Å². The van der Waals surface area contributed by atoms with E-state index in [9.17, 15) is 25.2 Å². The van der Waals surface area contributed by atoms with Crippen LogP contribution in [0.3, 0.4) is 0 Å². The van der Waals surface area contributed by atoms with E-state index in [2.05, 4.69) is 10.2 Å². The number of likely N-dealkylation sites (N-methyl/N-ethyl adjacent to an activating group) is 1. The zero-order valence-electron chi connectivity index (χ0n) is 23.1. The summed E-state index contributed by atoms with van der Waals surface area (Å²) in [5.74, 6) is 0.0664. The van der Waals surface area contributed by atoms with Gasteiger partial charge in [-0.1, -0.05) is 6.07 Å². The van der Waals surface area contributed by atoms with Crippen LogP contribution in [0.4, 0.5) is 0 Å². The number of nitrogens with two attached hydrogens (primary N) is 1. The second-order valence-corrected chi connectivity index (χ2v) is 11.0. The van der Waals surface area contributed by atoms with Gasteiger partial charge in [-0.05, 0) is 51.8 Å². The van der Waals surface area contributed by atoms with E-state index >= 15 is 0 Å². The predicted molar refractivity (Wildman–Crippen MR) is 143 cm³/mol. The fraction of sp³-hybridized carbons (Fsp3) is 0.536. The molecule has 5 rings (SSSR count). The van der Waals surface area contributed by atoms with Gasteiger partial charge in [0.2, 0.25) is 5.91 Å². The van der Waals surface area contributed by atoms with Crippen molar-refractivity contribution in [1.29, 1.82) is 0 Å². The molecule has 6 atom stereocenters. The molecule has 0 aliphatic carbocycles. The fourth-order valence-corrected chi connectivity index (χ4v) is 7.02. The topological polar surface area (TPSA) is 161 Å². The second-order valence-electron chi connectivity index (χ2n) is 11.0. The molecule has 3 heterocycles. The fourth-order valence-electron chi connectivity index (χ4n) is 7.02. The lowest BCUT2D eigenvalue weighted by Crippen LogP contribution is -2.69. The van der Waals surface area contributed by atoms with E-state index < -0.39 is 24.4 Å². The number of methoxy groups -OCH3 is 2. The lowest BCUT2D eigenvalue weighted by atomic mass is 9.73. The minimum Gasteiger partial charge on any atom is -0.507 e. The third-order valence-electron chi connectivity index (χ3n) is 8.82. The number of carbonyl (C=O) groups excluding carboxylic acids is 1. The van der Waals surface area contributed by atoms with Crippen molar-refractivity contribution in [1.82, 2.24) is 15.1 Å². The van der Waals surface area contributed by atoms with Crippen LogP contribution < -0.4 is 20.5 Å². The van der Waals surface area contributed by atoms with Crippen LogP contribution in [-0.4, -0.2) is 88.3 Å². The number of phenols is 3. The molecule has 1 fully saturated rings. The average Bonchev–Trinajstić information content (AvgIpc) is 2.88. The summed E-state index contributed by atoms with van der Waals surface area (Å²) in [6, 6.07) is -0.607. The number of aliphatic hydroxyl groups is 1. The molecule has 3 aliphatic heterocycles. The first-order chi connectivity index (χ1) is 18.4. The quantitative estimate of drug-likeness (QED) is 0.302. The van der Waals surface area contributed by atoms with Crippen LogP contribution in [0, 0.1) is 13.8 Å². The van der Waals surface area contributed by atoms with E-state index in [0.29, 0.717) is 34.4 Å². The maximum Gasteiger partial charge on any atom is 0.236 e. The molecule has 3 aliphatic rings. The van der Waals surface area contributed by atoms with E-state index in [1.165, 1.54) is 14.2 Å². The minimum atomic E-state index is -0.979. The summed E-state index contributed by atoms with van der Waals surface area (Å²) in [4.78, 5) is 16.5. The monoisotopic (exact) mass is 542 g/mol. The highest BCUT2D eigenvalue weighted by molar-refractivity contribution is 5.81. The number of nitrogens with zero attached hydrogens (tertiary/aromatic N) is 2. The van der Waals surface area contributed by atoms with Crippen molar-refractivity contribution >= 4 is 5.91 Å². The third-order valence-corrected chi connectivity index (χ3v) is 8.82. The van der Waals surface area contributed by atoms with Gasteiger partial charge in [0.1, 0.15) is 12.0 Å². The van der Waals surface area contributed by atoms with Crippen LogP contribution >= 0.6 is 0 Å². The van der Waals surface area contributed by atoms with Crippen molar-refractivity contribution in [2.45, 2.75) is 70.0 Å². The number of ether oxygens (including phenoxy) is 2. The molecule has 212 valence electrons. The van der Waals surface area contributed by atoms with Crippen molar-refractivity contribution in [3.05, 3.63) is 39.4 Å². The number of hydrogen-bond donors (Lipinski definition) is 6. The van der Waals surface area contributed by atoms with Gasteiger partial charge >= 0.3 is 0 Å². The number of piperazine rings is 1. The number of rotatable bonds is 5. The van der Waals surface area contributed by atoms with Gasteiger partial charge in [-0.2, -0.15) is 0 Å². The summed E-state index contributed by atoms with van der Waals surface area (Å²) in [7, 11) is 4.85. The molecular formula is C28H38N4O7. The number of carbonyl (C=O) groups is 1. The van der Waals surface area contributed by atoms with Gasteiger partial charge in [0.15, 0.2) is 23.0 Å². The van der Waals surface area contributed by atoms with E-state index in [0.717, 1.165) is 11.1 Å². The molecule has 0 radical (unpaired) electrons. The number of phenolic OH excluding ortho intramolecular Hbond substituents is 3. The van der Waals surface area contributed by atoms with Crippen LogP contribution in [-0.2, 0) is 17.6 Å². The minimum absolute atomic E-state index is 0.0103. The van der Waals surface area contributed by atoms with Gasteiger partial charge < -0.3 is 41.0 Å². The summed E-state index contributed by atoms with van der Waals surface area (Å²) < 4.78 is 11.0. The summed E-state index contributed by atoms with van der Waals surface area (Å²) >= 11 is 0. The summed E-state index contributed by atoms with van der Waals surface area (Å²) in [6.45, 7) is 5.15. The van der Waals surface area contributed by atoms with Gasteiger partial charge in [0.05, 0.1) is 38.4 Å². The Morgan fingerprint density at radius 2 is 1.72 bits per heavy atom. The number of amides is 1. The normalized spacial score (nSPS) is 26.7. The molecular weight excluding hydrogens is 504 g/mol. The Hall–Kier alpha value is -3.25. The Bertz CT molecular complexity index is 1330. The molecule has 1 amide bonds. The Labute approximate surface area is 227 Å². The Morgan fingerprint density at radius 3 is 2.33 bits per heavy atom. The third kappa shape index (κ3) is 3.90. The number of aryl methyl sites for hydroxylation is 1. The number of aromatic hydroxyl groups is 3. The zero-order valence-corrected chi connectivity index (χ0v) is 23.1. The SMILES string of the molecule is COc1c(C)cc2c(c1O)[C@@H]1C3Cc4c(O)c(C)c(OC)c(O)c4[C@H](CNC(=O)[C@H](C)N)N3[C@@H](O)[C@H](C2)N1C. The van der Waals surface area contributed by atoms with E-state index in [-0.39, 0.29) is 54.0 Å². The first kappa shape index (κ1) is 27.3. The zero-order chi connectivity index (χ0) is 28.5. The number of aliphatic hydroxyl groups excluding tert-OH is 1. The van der Waals surface area contributed by atoms with E-state index in [1.54, 1.807) is 13.8 Å². The maximum atomic E-state index is 12.5. The number of benzene rings is 2. The van der Waals surface area contributed by atoms with Gasteiger partial charge in [-0.3, -0.25) is 14.6 Å². The molecule has 0 aromatic heterocycles. The van der Waals surface area contributed by atoms with E-state index in [1.807, 2.05) is 24.9 Å². The Kier molecular flexibility index (Phi) is 6.82. The average molecular weight is 543 g/mol. The van der Waals surface area contributed by atoms with Gasteiger partial charge in [-0.25, -0.2) is 0 Å². The van der Waals surface area contributed by atoms with E-state index in [4.69, 9.17) is 15.2 Å². The summed E-state index contributed by atoms with van der Waals surface area (Å²) in [5.41, 5.74) is 9.55. The number of fused-ring (bicyclic) bond motifs is 7. The van der Waals surface area contributed by atoms with Crippen LogP contribution in [0.1, 0.15) is 52.4 Å². The lowest BCUT2D eigenvalue weighted by Gasteiger charge is -2.60. The van der Waals surface area contributed by atoms with Crippen LogP contribution in [0.15, 0.2) is 6.07 Å². The van der Waals surface area contributed by atoms with Crippen molar-refractivity contribution in [3.8, 4) is 28.7 Å². The predicted octanol–water partition coefficient (Wildman–Crippen LogP) is 1.10. The highest BCUT2D eigenvalue weighted by Crippen LogP contribution is 2.56. The first-order valence-electron chi connectivity index (χ1n) is 13.2. The molecule has 2 aromatic carbocycles. The molecule has 11 nitrogen and oxygen atoms in total. The van der Waals surface area contributed by atoms with Crippen LogP contribution in [0.5, 0.6) is 28.7 Å². The molecule has 0 spiro atoms. The molecule has 11 heteroatoms. The maximum absolute atomic E-state index is 12.5. The largest absolute Gasteiger partial charge is 0.507 e. The van der Waals surface area contributed by atoms with Crippen molar-refractivity contribution in [3.63, 3.8) is 0 Å². The van der Waals surface area contributed by atoms with Gasteiger partial charge in [-0.15, -0.1) is 0 Å². The van der Waals surface area contributed by atoms with Crippen LogP contribution in [0.25, 0.3) is 0 Å². The standard InChI is InChI=1S/C28H38N4O7/c1-11-7-14-8-17-28(37)32-16(21(31(17)4)19(14)23(34)25(11)38-5)9-15-20(18(32)10-30-27(36)13(3)29)24(35)26(39-6)12(2)22(15)33/h7,13,16-18,21,28,33-35,37H,8-10,29H2,1-6H3,(H,30,36)/t13-,16?,17-,18-,21-,28-/m0/s1. The molecule has 1 unspecified atom stereocenters. The summed E-state index contributed by atoms with van der Waals surface area (Å²) in [6.07, 6.45) is -0.232. The molecule has 7 N–H and O–H groups in total. The van der Waals surface area contributed by atoms with Crippen molar-refractivity contribution < 1.29 is 34.7 Å². The highest BCUT2D eigenvalue weighted by Gasteiger charge is 2.55. The molecule has 39 heavy (non-hydrogen) atoms. The Balaban J connectivity index is 1.73. The molecule has 2 bridgehead atoms. The smallest absolute Gasteiger partial charge is 0.236 e. The second kappa shape index (κ2) is 9.74. The van der Waals surface area contributed by atoms with Gasteiger partial charge in [0, 0.05) is 34.8 Å². The summed E-state index contributed by atoms with van der Waals surface area (Å²) in [5, 5.41) is 48.8. The number of hydrogen-bond acceptors (Lipinski definition) is 10. The van der Waals surface area contributed by atoms with Crippen molar-refractivity contribution in [2.75, 3.05) is 27.8 Å².